The average molecular weight is 268 g/mol. The van der Waals surface area contributed by atoms with Gasteiger partial charge >= 0.3 is 0 Å². The minimum Gasteiger partial charge on any atom is -0.436 e. The normalized spacial score (nSPS) is 12.5. The van der Waals surface area contributed by atoms with Crippen LogP contribution in [0.1, 0.15) is 48.8 Å². The van der Waals surface area contributed by atoms with Gasteiger partial charge in [0.05, 0.1) is 5.69 Å². The highest BCUT2D eigenvalue weighted by atomic mass is 16.4. The van der Waals surface area contributed by atoms with Crippen molar-refractivity contribution in [1.82, 2.24) is 10.3 Å². The van der Waals surface area contributed by atoms with Crippen LogP contribution in [0.25, 0.3) is 0 Å². The molecule has 1 aromatic heterocycles. The lowest BCUT2D eigenvalue weighted by atomic mass is 9.91. The Morgan fingerprint density at radius 2 is 2.05 bits per heavy atom. The van der Waals surface area contributed by atoms with E-state index in [1.807, 2.05) is 13.8 Å². The molecule has 1 rings (SSSR count). The number of carbonyl (C=O) groups excluding carboxylic acids is 1. The summed E-state index contributed by atoms with van der Waals surface area (Å²) in [5.74, 6) is 0.118. The highest BCUT2D eigenvalue weighted by Crippen LogP contribution is 2.18. The number of hydrogen-bond donors (Lipinski definition) is 3. The summed E-state index contributed by atoms with van der Waals surface area (Å²) in [4.78, 5) is 16.2. The summed E-state index contributed by atoms with van der Waals surface area (Å²) in [5, 5.41) is 14.6. The van der Waals surface area contributed by atoms with Crippen molar-refractivity contribution in [2.75, 3.05) is 0 Å². The molecule has 0 saturated heterocycles. The highest BCUT2D eigenvalue weighted by Gasteiger charge is 2.34. The Balaban J connectivity index is 3.04. The molecule has 7 nitrogen and oxygen atoms in total. The van der Waals surface area contributed by atoms with Crippen LogP contribution in [0.3, 0.4) is 0 Å². The molecule has 1 amide bonds. The number of rotatable bonds is 5. The average Bonchev–Trinajstić information content (AvgIpc) is 2.74. The molecular weight excluding hydrogens is 248 g/mol. The molecular formula is C12H20N4O3. The summed E-state index contributed by atoms with van der Waals surface area (Å²) in [5.41, 5.74) is 5.30. The van der Waals surface area contributed by atoms with E-state index in [4.69, 9.17) is 15.4 Å². The van der Waals surface area contributed by atoms with E-state index in [-0.39, 0.29) is 11.6 Å². The van der Waals surface area contributed by atoms with Gasteiger partial charge in [0.25, 0.3) is 5.91 Å². The Labute approximate surface area is 111 Å². The zero-order valence-electron chi connectivity index (χ0n) is 11.6. The van der Waals surface area contributed by atoms with Crippen molar-refractivity contribution in [3.63, 3.8) is 0 Å². The van der Waals surface area contributed by atoms with Gasteiger partial charge in [-0.3, -0.25) is 4.79 Å². The van der Waals surface area contributed by atoms with Crippen LogP contribution in [0.2, 0.25) is 0 Å². The fourth-order valence-electron chi connectivity index (χ4n) is 1.96. The first kappa shape index (κ1) is 15.0. The third kappa shape index (κ3) is 2.86. The summed E-state index contributed by atoms with van der Waals surface area (Å²) in [6, 6.07) is 0. The zero-order valence-corrected chi connectivity index (χ0v) is 11.6. The van der Waals surface area contributed by atoms with Gasteiger partial charge in [-0.15, -0.1) is 0 Å². The van der Waals surface area contributed by atoms with Crippen molar-refractivity contribution in [3.05, 3.63) is 17.3 Å². The van der Waals surface area contributed by atoms with Gasteiger partial charge in [0.15, 0.2) is 11.7 Å². The number of nitrogens with two attached hydrogens (primary N) is 1. The van der Waals surface area contributed by atoms with E-state index in [2.05, 4.69) is 15.5 Å². The van der Waals surface area contributed by atoms with E-state index in [1.54, 1.807) is 13.8 Å². The maximum Gasteiger partial charge on any atom is 0.289 e. The monoisotopic (exact) mass is 268 g/mol. The predicted molar refractivity (Wildman–Crippen MR) is 70.2 cm³/mol. The number of carbonyl (C=O) groups is 1. The third-order valence-corrected chi connectivity index (χ3v) is 3.27. The lowest BCUT2D eigenvalue weighted by molar-refractivity contribution is 0.0887. The van der Waals surface area contributed by atoms with Crippen LogP contribution in [-0.4, -0.2) is 27.5 Å². The maximum atomic E-state index is 12.2. The van der Waals surface area contributed by atoms with Gasteiger partial charge in [-0.05, 0) is 19.8 Å². The number of aryl methyl sites for hydroxylation is 2. The van der Waals surface area contributed by atoms with Gasteiger partial charge < -0.3 is 20.7 Å². The van der Waals surface area contributed by atoms with Crippen molar-refractivity contribution in [1.29, 1.82) is 0 Å². The summed E-state index contributed by atoms with van der Waals surface area (Å²) < 4.78 is 5.26. The second-order valence-corrected chi connectivity index (χ2v) is 4.38. The molecule has 0 aliphatic heterocycles. The predicted octanol–water partition coefficient (Wildman–Crippen LogP) is 1.33. The highest BCUT2D eigenvalue weighted by molar-refractivity contribution is 5.99. The number of oxazole rings is 1. The molecule has 0 atom stereocenters. The Morgan fingerprint density at radius 1 is 1.47 bits per heavy atom. The molecule has 0 saturated carbocycles. The summed E-state index contributed by atoms with van der Waals surface area (Å²) >= 11 is 0. The van der Waals surface area contributed by atoms with Gasteiger partial charge in [0, 0.05) is 6.92 Å². The van der Waals surface area contributed by atoms with Gasteiger partial charge in [-0.1, -0.05) is 19.0 Å². The number of nitrogens with zero attached hydrogens (tertiary/aromatic N) is 2. The van der Waals surface area contributed by atoms with Gasteiger partial charge in [0.1, 0.15) is 5.54 Å². The van der Waals surface area contributed by atoms with E-state index in [0.717, 1.165) is 0 Å². The summed E-state index contributed by atoms with van der Waals surface area (Å²) in [6.45, 7) is 7.05. The van der Waals surface area contributed by atoms with Crippen LogP contribution in [0, 0.1) is 13.8 Å². The molecule has 7 heteroatoms. The first-order valence-corrected chi connectivity index (χ1v) is 6.14. The minimum atomic E-state index is -0.890. The van der Waals surface area contributed by atoms with Gasteiger partial charge in [0.2, 0.25) is 5.76 Å². The van der Waals surface area contributed by atoms with Crippen molar-refractivity contribution in [2.45, 2.75) is 46.1 Å². The van der Waals surface area contributed by atoms with Crippen LogP contribution in [-0.2, 0) is 0 Å². The van der Waals surface area contributed by atoms with Crippen molar-refractivity contribution < 1.29 is 14.4 Å². The molecule has 4 N–H and O–H groups in total. The Hall–Kier alpha value is -2.05. The van der Waals surface area contributed by atoms with Gasteiger partial charge in [-0.2, -0.15) is 0 Å². The Morgan fingerprint density at radius 3 is 2.42 bits per heavy atom. The molecule has 106 valence electrons. The van der Waals surface area contributed by atoms with E-state index in [1.165, 1.54) is 0 Å². The van der Waals surface area contributed by atoms with E-state index < -0.39 is 11.4 Å². The molecule has 1 aromatic rings. The molecule has 1 heterocycles. The lowest BCUT2D eigenvalue weighted by Gasteiger charge is -2.30. The Kier molecular flexibility index (Phi) is 4.52. The van der Waals surface area contributed by atoms with Crippen molar-refractivity contribution in [3.8, 4) is 0 Å². The largest absolute Gasteiger partial charge is 0.436 e. The third-order valence-electron chi connectivity index (χ3n) is 3.27. The summed E-state index contributed by atoms with van der Waals surface area (Å²) in [7, 11) is 0. The molecule has 0 radical (unpaired) electrons. The number of amidine groups is 1. The molecule has 0 aliphatic rings. The number of aromatic nitrogens is 1. The van der Waals surface area contributed by atoms with Crippen LogP contribution in [0.5, 0.6) is 0 Å². The second-order valence-electron chi connectivity index (χ2n) is 4.38. The molecule has 0 aliphatic carbocycles. The van der Waals surface area contributed by atoms with Gasteiger partial charge in [-0.25, -0.2) is 4.98 Å². The maximum absolute atomic E-state index is 12.2. The number of amides is 1. The lowest BCUT2D eigenvalue weighted by Crippen LogP contribution is -2.56. The number of oxime groups is 1. The number of hydrogen-bond acceptors (Lipinski definition) is 5. The van der Waals surface area contributed by atoms with Crippen LogP contribution in [0.15, 0.2) is 9.57 Å². The molecule has 0 unspecified atom stereocenters. The smallest absolute Gasteiger partial charge is 0.289 e. The minimum absolute atomic E-state index is 0.0280. The van der Waals surface area contributed by atoms with Crippen molar-refractivity contribution >= 4 is 11.7 Å². The Bertz CT molecular complexity index is 489. The van der Waals surface area contributed by atoms with E-state index in [9.17, 15) is 4.79 Å². The molecule has 0 spiro atoms. The SMILES string of the molecule is CCC(CC)(NC(=O)c1oc(C)nc1C)C(N)=NO. The quantitative estimate of drug-likeness (QED) is 0.322. The van der Waals surface area contributed by atoms with E-state index >= 15 is 0 Å². The van der Waals surface area contributed by atoms with Crippen molar-refractivity contribution in [2.24, 2.45) is 10.9 Å². The first-order chi connectivity index (χ1) is 8.90. The van der Waals surface area contributed by atoms with Crippen LogP contribution in [0.4, 0.5) is 0 Å². The first-order valence-electron chi connectivity index (χ1n) is 6.14. The fraction of sp³-hybridized carbons (Fsp3) is 0.583. The topological polar surface area (TPSA) is 114 Å². The zero-order chi connectivity index (χ0) is 14.6. The molecule has 19 heavy (non-hydrogen) atoms. The van der Waals surface area contributed by atoms with Crippen LogP contribution < -0.4 is 11.1 Å². The van der Waals surface area contributed by atoms with Crippen LogP contribution >= 0.6 is 0 Å². The molecule has 0 fully saturated rings. The molecule has 0 aromatic carbocycles. The second kappa shape index (κ2) is 5.73. The molecule has 0 bridgehead atoms. The summed E-state index contributed by atoms with van der Waals surface area (Å²) in [6.07, 6.45) is 0.995. The fourth-order valence-corrected chi connectivity index (χ4v) is 1.96. The standard InChI is InChI=1S/C12H20N4O3/c1-5-12(6-2,11(13)16-18)15-10(17)9-7(3)14-8(4)19-9/h18H,5-6H2,1-4H3,(H2,13,16)(H,15,17). The van der Waals surface area contributed by atoms with E-state index in [0.29, 0.717) is 24.4 Å². The number of nitrogens with one attached hydrogen (secondary N) is 1.